The lowest BCUT2D eigenvalue weighted by molar-refractivity contribution is 0.387. The molecule has 0 aliphatic carbocycles. The van der Waals surface area contributed by atoms with Gasteiger partial charge in [0.05, 0.1) is 13.2 Å². The van der Waals surface area contributed by atoms with E-state index < -0.39 is 0 Å². The average molecular weight is 341 g/mol. The van der Waals surface area contributed by atoms with E-state index in [-0.39, 0.29) is 6.04 Å². The Labute approximate surface area is 126 Å². The van der Waals surface area contributed by atoms with Crippen molar-refractivity contribution >= 4 is 27.3 Å². The molecule has 2 rings (SSSR count). The molecule has 0 fully saturated rings. The summed E-state index contributed by atoms with van der Waals surface area (Å²) in [5.41, 5.74) is 2.29. The first-order chi connectivity index (χ1) is 9.27. The minimum absolute atomic E-state index is 0.101. The summed E-state index contributed by atoms with van der Waals surface area (Å²) in [5.74, 6) is 0.675. The van der Waals surface area contributed by atoms with Crippen LogP contribution in [0.5, 0.6) is 5.88 Å². The molecular weight excluding hydrogens is 324 g/mol. The zero-order valence-corrected chi connectivity index (χ0v) is 13.4. The first-order valence-electron chi connectivity index (χ1n) is 6.21. The third-order valence-corrected chi connectivity index (χ3v) is 4.61. The largest absolute Gasteiger partial charge is 0.481 e. The van der Waals surface area contributed by atoms with Crippen molar-refractivity contribution in [2.24, 2.45) is 0 Å². The number of rotatable bonds is 6. The molecule has 1 N–H and O–H groups in total. The van der Waals surface area contributed by atoms with Gasteiger partial charge in [-0.1, -0.05) is 13.0 Å². The van der Waals surface area contributed by atoms with Crippen molar-refractivity contribution in [3.63, 3.8) is 0 Å². The highest BCUT2D eigenvalue weighted by molar-refractivity contribution is 9.10. The van der Waals surface area contributed by atoms with Crippen molar-refractivity contribution in [3.8, 4) is 5.88 Å². The SMILES string of the molecule is CCCNC(c1cscc1Br)c1cccnc1OC. The van der Waals surface area contributed by atoms with E-state index in [4.69, 9.17) is 4.74 Å². The van der Waals surface area contributed by atoms with Crippen LogP contribution < -0.4 is 10.1 Å². The van der Waals surface area contributed by atoms with E-state index in [1.165, 1.54) is 5.56 Å². The summed E-state index contributed by atoms with van der Waals surface area (Å²) in [5, 5.41) is 7.81. The van der Waals surface area contributed by atoms with Crippen molar-refractivity contribution in [2.45, 2.75) is 19.4 Å². The molecule has 0 amide bonds. The van der Waals surface area contributed by atoms with Crippen molar-refractivity contribution in [2.75, 3.05) is 13.7 Å². The van der Waals surface area contributed by atoms with Gasteiger partial charge < -0.3 is 10.1 Å². The summed E-state index contributed by atoms with van der Waals surface area (Å²) in [6, 6.07) is 4.10. The maximum Gasteiger partial charge on any atom is 0.218 e. The van der Waals surface area contributed by atoms with E-state index in [0.717, 1.165) is 23.0 Å². The van der Waals surface area contributed by atoms with Crippen LogP contribution in [0.15, 0.2) is 33.6 Å². The molecule has 2 aromatic rings. The van der Waals surface area contributed by atoms with Gasteiger partial charge in [0, 0.05) is 21.6 Å². The molecule has 1 atom stereocenters. The standard InChI is InChI=1S/C14H17BrN2OS/c1-3-6-16-13(11-8-19-9-12(11)15)10-5-4-7-17-14(10)18-2/h4-5,7-9,13,16H,3,6H2,1-2H3. The molecule has 5 heteroatoms. The number of nitrogens with zero attached hydrogens (tertiary/aromatic N) is 1. The second-order valence-electron chi connectivity index (χ2n) is 4.16. The normalized spacial score (nSPS) is 12.4. The highest BCUT2D eigenvalue weighted by Gasteiger charge is 2.20. The van der Waals surface area contributed by atoms with Crippen molar-refractivity contribution in [3.05, 3.63) is 44.7 Å². The van der Waals surface area contributed by atoms with Crippen LogP contribution >= 0.6 is 27.3 Å². The zero-order valence-electron chi connectivity index (χ0n) is 11.0. The van der Waals surface area contributed by atoms with Gasteiger partial charge >= 0.3 is 0 Å². The molecule has 102 valence electrons. The Bertz CT molecular complexity index is 530. The molecule has 0 spiro atoms. The van der Waals surface area contributed by atoms with Gasteiger partial charge in [-0.05, 0) is 45.9 Å². The number of thiophene rings is 1. The monoisotopic (exact) mass is 340 g/mol. The van der Waals surface area contributed by atoms with E-state index in [0.29, 0.717) is 5.88 Å². The molecule has 19 heavy (non-hydrogen) atoms. The van der Waals surface area contributed by atoms with E-state index in [1.807, 2.05) is 6.07 Å². The molecule has 2 aromatic heterocycles. The number of ether oxygens (including phenoxy) is 1. The molecule has 0 aliphatic rings. The summed E-state index contributed by atoms with van der Waals surface area (Å²) in [7, 11) is 1.66. The Balaban J connectivity index is 2.40. The minimum atomic E-state index is 0.101. The van der Waals surface area contributed by atoms with Crippen LogP contribution in [0, 0.1) is 0 Å². The summed E-state index contributed by atoms with van der Waals surface area (Å²) < 4.78 is 6.50. The molecule has 1 unspecified atom stereocenters. The maximum absolute atomic E-state index is 5.38. The summed E-state index contributed by atoms with van der Waals surface area (Å²) >= 11 is 5.30. The Kier molecular flexibility index (Phi) is 5.36. The third-order valence-electron chi connectivity index (χ3n) is 2.86. The molecule has 3 nitrogen and oxygen atoms in total. The third kappa shape index (κ3) is 3.35. The zero-order chi connectivity index (χ0) is 13.7. The first-order valence-corrected chi connectivity index (χ1v) is 7.95. The van der Waals surface area contributed by atoms with Gasteiger partial charge in [0.25, 0.3) is 0 Å². The molecular formula is C14H17BrN2OS. The maximum atomic E-state index is 5.38. The topological polar surface area (TPSA) is 34.2 Å². The highest BCUT2D eigenvalue weighted by atomic mass is 79.9. The van der Waals surface area contributed by atoms with E-state index in [2.05, 4.69) is 50.0 Å². The van der Waals surface area contributed by atoms with Crippen molar-refractivity contribution < 1.29 is 4.74 Å². The van der Waals surface area contributed by atoms with Crippen LogP contribution in [0.2, 0.25) is 0 Å². The van der Waals surface area contributed by atoms with Crippen LogP contribution in [0.1, 0.15) is 30.5 Å². The predicted molar refractivity (Wildman–Crippen MR) is 82.9 cm³/mol. The van der Waals surface area contributed by atoms with Crippen molar-refractivity contribution in [1.82, 2.24) is 10.3 Å². The molecule has 2 heterocycles. The Morgan fingerprint density at radius 2 is 2.26 bits per heavy atom. The Morgan fingerprint density at radius 1 is 1.42 bits per heavy atom. The van der Waals surface area contributed by atoms with Crippen molar-refractivity contribution in [1.29, 1.82) is 0 Å². The van der Waals surface area contributed by atoms with E-state index in [1.54, 1.807) is 24.6 Å². The fourth-order valence-corrected chi connectivity index (χ4v) is 3.52. The van der Waals surface area contributed by atoms with Crippen LogP contribution in [0.4, 0.5) is 0 Å². The number of methoxy groups -OCH3 is 1. The van der Waals surface area contributed by atoms with Crippen LogP contribution in [-0.2, 0) is 0 Å². The number of hydrogen-bond acceptors (Lipinski definition) is 4. The number of nitrogens with one attached hydrogen (secondary N) is 1. The Morgan fingerprint density at radius 3 is 2.89 bits per heavy atom. The van der Waals surface area contributed by atoms with Gasteiger partial charge in [-0.2, -0.15) is 11.3 Å². The average Bonchev–Trinajstić information content (AvgIpc) is 2.86. The van der Waals surface area contributed by atoms with Gasteiger partial charge in [-0.25, -0.2) is 4.98 Å². The summed E-state index contributed by atoms with van der Waals surface area (Å²) in [6.45, 7) is 3.11. The van der Waals surface area contributed by atoms with E-state index in [9.17, 15) is 0 Å². The van der Waals surface area contributed by atoms with Gasteiger partial charge in [-0.15, -0.1) is 0 Å². The molecule has 0 saturated heterocycles. The second-order valence-corrected chi connectivity index (χ2v) is 5.76. The fraction of sp³-hybridized carbons (Fsp3) is 0.357. The number of pyridine rings is 1. The predicted octanol–water partition coefficient (Wildman–Crippen LogP) is 4.00. The van der Waals surface area contributed by atoms with Crippen LogP contribution in [-0.4, -0.2) is 18.6 Å². The summed E-state index contributed by atoms with van der Waals surface area (Å²) in [6.07, 6.45) is 2.84. The second kappa shape index (κ2) is 7.03. The smallest absolute Gasteiger partial charge is 0.218 e. The quantitative estimate of drug-likeness (QED) is 0.862. The lowest BCUT2D eigenvalue weighted by Crippen LogP contribution is -2.23. The van der Waals surface area contributed by atoms with Crippen LogP contribution in [0.25, 0.3) is 0 Å². The van der Waals surface area contributed by atoms with Gasteiger partial charge in [0.2, 0.25) is 5.88 Å². The highest BCUT2D eigenvalue weighted by Crippen LogP contribution is 2.34. The van der Waals surface area contributed by atoms with Crippen LogP contribution in [0.3, 0.4) is 0 Å². The lowest BCUT2D eigenvalue weighted by atomic mass is 10.0. The minimum Gasteiger partial charge on any atom is -0.481 e. The van der Waals surface area contributed by atoms with Gasteiger partial charge in [0.1, 0.15) is 0 Å². The Hall–Kier alpha value is -0.910. The molecule has 0 aromatic carbocycles. The molecule has 0 aliphatic heterocycles. The number of aromatic nitrogens is 1. The molecule has 0 bridgehead atoms. The van der Waals surface area contributed by atoms with Gasteiger partial charge in [0.15, 0.2) is 0 Å². The number of hydrogen-bond donors (Lipinski definition) is 1. The lowest BCUT2D eigenvalue weighted by Gasteiger charge is -2.20. The number of halogens is 1. The fourth-order valence-electron chi connectivity index (χ4n) is 1.97. The molecule has 0 saturated carbocycles. The van der Waals surface area contributed by atoms with Gasteiger partial charge in [-0.3, -0.25) is 0 Å². The molecule has 0 radical (unpaired) electrons. The summed E-state index contributed by atoms with van der Waals surface area (Å²) in [4.78, 5) is 4.29. The first kappa shape index (κ1) is 14.5. The van der Waals surface area contributed by atoms with E-state index >= 15 is 0 Å².